The van der Waals surface area contributed by atoms with Crippen LogP contribution in [-0.2, 0) is 6.54 Å². The zero-order valence-electron chi connectivity index (χ0n) is 11.8. The van der Waals surface area contributed by atoms with Crippen molar-refractivity contribution >= 4 is 0 Å². The summed E-state index contributed by atoms with van der Waals surface area (Å²) < 4.78 is 0. The Morgan fingerprint density at radius 3 is 1.84 bits per heavy atom. The molecule has 0 unspecified atom stereocenters. The summed E-state index contributed by atoms with van der Waals surface area (Å²) in [5.41, 5.74) is 1.44. The maximum absolute atomic E-state index is 2.62. The third-order valence-electron chi connectivity index (χ3n) is 4.40. The third kappa shape index (κ3) is 3.78. The van der Waals surface area contributed by atoms with Crippen molar-refractivity contribution in [3.8, 4) is 0 Å². The highest BCUT2D eigenvalue weighted by Crippen LogP contribution is 2.09. The molecule has 104 valence electrons. The SMILES string of the molecule is c1ccc(CN2CCN(CCN3CCC3)CC2)cc1. The topological polar surface area (TPSA) is 9.72 Å². The third-order valence-corrected chi connectivity index (χ3v) is 4.40. The number of nitrogens with zero attached hydrogens (tertiary/aromatic N) is 3. The van der Waals surface area contributed by atoms with E-state index < -0.39 is 0 Å². The molecule has 2 fully saturated rings. The Balaban J connectivity index is 1.37. The van der Waals surface area contributed by atoms with E-state index in [1.54, 1.807) is 0 Å². The van der Waals surface area contributed by atoms with Gasteiger partial charge in [-0.1, -0.05) is 30.3 Å². The Hall–Kier alpha value is -0.900. The van der Waals surface area contributed by atoms with Gasteiger partial charge in [0.1, 0.15) is 0 Å². The molecule has 0 amide bonds. The highest BCUT2D eigenvalue weighted by atomic mass is 15.3. The lowest BCUT2D eigenvalue weighted by molar-refractivity contribution is 0.0993. The lowest BCUT2D eigenvalue weighted by Crippen LogP contribution is -2.49. The van der Waals surface area contributed by atoms with Gasteiger partial charge in [-0.15, -0.1) is 0 Å². The molecule has 3 heteroatoms. The molecule has 0 N–H and O–H groups in total. The van der Waals surface area contributed by atoms with E-state index >= 15 is 0 Å². The fourth-order valence-corrected chi connectivity index (χ4v) is 2.90. The molecular formula is C16H25N3. The van der Waals surface area contributed by atoms with Crippen molar-refractivity contribution < 1.29 is 0 Å². The smallest absolute Gasteiger partial charge is 0.0234 e. The van der Waals surface area contributed by atoms with Gasteiger partial charge < -0.3 is 4.90 Å². The lowest BCUT2D eigenvalue weighted by Gasteiger charge is -2.37. The van der Waals surface area contributed by atoms with Crippen LogP contribution in [0.25, 0.3) is 0 Å². The van der Waals surface area contributed by atoms with Gasteiger partial charge in [0.25, 0.3) is 0 Å². The Labute approximate surface area is 116 Å². The summed E-state index contributed by atoms with van der Waals surface area (Å²) in [6.45, 7) is 11.2. The Kier molecular flexibility index (Phi) is 4.49. The summed E-state index contributed by atoms with van der Waals surface area (Å²) >= 11 is 0. The Morgan fingerprint density at radius 2 is 1.26 bits per heavy atom. The second-order valence-corrected chi connectivity index (χ2v) is 5.80. The number of likely N-dealkylation sites (tertiary alicyclic amines) is 1. The molecule has 0 saturated carbocycles. The predicted octanol–water partition coefficient (Wildman–Crippen LogP) is 1.51. The molecule has 1 aromatic rings. The van der Waals surface area contributed by atoms with E-state index in [2.05, 4.69) is 45.0 Å². The lowest BCUT2D eigenvalue weighted by atomic mass is 10.2. The minimum Gasteiger partial charge on any atom is -0.302 e. The maximum atomic E-state index is 2.62. The zero-order chi connectivity index (χ0) is 12.9. The monoisotopic (exact) mass is 259 g/mol. The van der Waals surface area contributed by atoms with Gasteiger partial charge in [0, 0.05) is 45.8 Å². The average Bonchev–Trinajstić information content (AvgIpc) is 2.40. The molecule has 3 rings (SSSR count). The molecule has 2 saturated heterocycles. The first kappa shape index (κ1) is 13.1. The first-order valence-corrected chi connectivity index (χ1v) is 7.61. The summed E-state index contributed by atoms with van der Waals surface area (Å²) in [5.74, 6) is 0. The van der Waals surface area contributed by atoms with Crippen molar-refractivity contribution in [1.29, 1.82) is 0 Å². The standard InChI is InChI=1S/C16H25N3/c1-2-5-16(6-3-1)15-19-13-11-18(12-14-19)10-9-17-7-4-8-17/h1-3,5-6H,4,7-15H2. The van der Waals surface area contributed by atoms with Crippen molar-refractivity contribution in [3.63, 3.8) is 0 Å². The summed E-state index contributed by atoms with van der Waals surface area (Å²) in [6, 6.07) is 10.8. The average molecular weight is 259 g/mol. The molecule has 0 bridgehead atoms. The van der Waals surface area contributed by atoms with E-state index in [4.69, 9.17) is 0 Å². The molecular weight excluding hydrogens is 234 g/mol. The van der Waals surface area contributed by atoms with E-state index in [1.807, 2.05) is 0 Å². The molecule has 0 spiro atoms. The quantitative estimate of drug-likeness (QED) is 0.793. The van der Waals surface area contributed by atoms with Crippen molar-refractivity contribution in [3.05, 3.63) is 35.9 Å². The van der Waals surface area contributed by atoms with Crippen LogP contribution < -0.4 is 0 Å². The van der Waals surface area contributed by atoms with Crippen molar-refractivity contribution in [2.45, 2.75) is 13.0 Å². The molecule has 0 radical (unpaired) electrons. The first-order valence-electron chi connectivity index (χ1n) is 7.61. The molecule has 1 aromatic carbocycles. The van der Waals surface area contributed by atoms with Crippen LogP contribution in [0.1, 0.15) is 12.0 Å². The highest BCUT2D eigenvalue weighted by Gasteiger charge is 2.19. The molecule has 19 heavy (non-hydrogen) atoms. The van der Waals surface area contributed by atoms with Crippen LogP contribution in [0.15, 0.2) is 30.3 Å². The molecule has 2 aliphatic heterocycles. The van der Waals surface area contributed by atoms with Gasteiger partial charge in [0.2, 0.25) is 0 Å². The zero-order valence-corrected chi connectivity index (χ0v) is 11.8. The predicted molar refractivity (Wildman–Crippen MR) is 79.2 cm³/mol. The number of hydrogen-bond acceptors (Lipinski definition) is 3. The summed E-state index contributed by atoms with van der Waals surface area (Å²) in [6.07, 6.45) is 1.41. The summed E-state index contributed by atoms with van der Waals surface area (Å²) in [7, 11) is 0. The van der Waals surface area contributed by atoms with Crippen molar-refractivity contribution in [1.82, 2.24) is 14.7 Å². The first-order chi connectivity index (χ1) is 9.40. The van der Waals surface area contributed by atoms with Gasteiger partial charge in [-0.2, -0.15) is 0 Å². The van der Waals surface area contributed by atoms with Crippen LogP contribution in [0.3, 0.4) is 0 Å². The van der Waals surface area contributed by atoms with Gasteiger partial charge in [-0.05, 0) is 25.1 Å². The van der Waals surface area contributed by atoms with Crippen LogP contribution in [-0.4, -0.2) is 67.1 Å². The van der Waals surface area contributed by atoms with E-state index in [9.17, 15) is 0 Å². The largest absolute Gasteiger partial charge is 0.302 e. The van der Waals surface area contributed by atoms with Crippen LogP contribution in [0.2, 0.25) is 0 Å². The van der Waals surface area contributed by atoms with Crippen LogP contribution in [0.5, 0.6) is 0 Å². The number of piperazine rings is 1. The Morgan fingerprint density at radius 1 is 0.684 bits per heavy atom. The normalized spacial score (nSPS) is 22.3. The minimum atomic E-state index is 1.11. The van der Waals surface area contributed by atoms with Crippen LogP contribution in [0, 0.1) is 0 Å². The van der Waals surface area contributed by atoms with Gasteiger partial charge in [-0.3, -0.25) is 9.80 Å². The molecule has 0 aliphatic carbocycles. The van der Waals surface area contributed by atoms with Crippen molar-refractivity contribution in [2.24, 2.45) is 0 Å². The van der Waals surface area contributed by atoms with Gasteiger partial charge in [0.15, 0.2) is 0 Å². The van der Waals surface area contributed by atoms with Gasteiger partial charge in [0.05, 0.1) is 0 Å². The number of benzene rings is 1. The van der Waals surface area contributed by atoms with Crippen LogP contribution in [0.4, 0.5) is 0 Å². The second kappa shape index (κ2) is 6.51. The van der Waals surface area contributed by atoms with E-state index in [1.165, 1.54) is 64.3 Å². The fourth-order valence-electron chi connectivity index (χ4n) is 2.90. The molecule has 3 nitrogen and oxygen atoms in total. The summed E-state index contributed by atoms with van der Waals surface area (Å²) in [5, 5.41) is 0. The molecule has 2 aliphatic rings. The van der Waals surface area contributed by atoms with Gasteiger partial charge in [-0.25, -0.2) is 0 Å². The van der Waals surface area contributed by atoms with Gasteiger partial charge >= 0.3 is 0 Å². The van der Waals surface area contributed by atoms with Crippen molar-refractivity contribution in [2.75, 3.05) is 52.4 Å². The second-order valence-electron chi connectivity index (χ2n) is 5.80. The van der Waals surface area contributed by atoms with E-state index in [-0.39, 0.29) is 0 Å². The Bertz CT molecular complexity index is 367. The molecule has 0 atom stereocenters. The molecule has 2 heterocycles. The number of hydrogen-bond donors (Lipinski definition) is 0. The number of rotatable bonds is 5. The summed E-state index contributed by atoms with van der Waals surface area (Å²) in [4.78, 5) is 7.77. The molecule has 0 aromatic heterocycles. The fraction of sp³-hybridized carbons (Fsp3) is 0.625. The maximum Gasteiger partial charge on any atom is 0.0234 e. The highest BCUT2D eigenvalue weighted by molar-refractivity contribution is 5.14. The minimum absolute atomic E-state index is 1.11. The van der Waals surface area contributed by atoms with Crippen LogP contribution >= 0.6 is 0 Å². The van der Waals surface area contributed by atoms with E-state index in [0.717, 1.165) is 6.54 Å². The van der Waals surface area contributed by atoms with E-state index in [0.29, 0.717) is 0 Å².